The van der Waals surface area contributed by atoms with Crippen LogP contribution >= 0.6 is 0 Å². The first-order chi connectivity index (χ1) is 11.8. The SMILES string of the molecule is OCCn1nc(C(O)c2ccccc2)nc1-c1cccn1C1CC1. The average molecular weight is 324 g/mol. The Balaban J connectivity index is 1.74. The zero-order valence-corrected chi connectivity index (χ0v) is 13.3. The van der Waals surface area contributed by atoms with Crippen LogP contribution in [0.4, 0.5) is 0 Å². The first-order valence-corrected chi connectivity index (χ1v) is 8.23. The molecule has 1 aliphatic rings. The summed E-state index contributed by atoms with van der Waals surface area (Å²) in [5.41, 5.74) is 1.73. The van der Waals surface area contributed by atoms with Crippen molar-refractivity contribution in [3.8, 4) is 11.5 Å². The van der Waals surface area contributed by atoms with Crippen molar-refractivity contribution in [1.29, 1.82) is 0 Å². The highest BCUT2D eigenvalue weighted by molar-refractivity contribution is 5.52. The van der Waals surface area contributed by atoms with E-state index in [2.05, 4.69) is 20.8 Å². The van der Waals surface area contributed by atoms with Gasteiger partial charge in [-0.25, -0.2) is 9.67 Å². The molecule has 6 heteroatoms. The van der Waals surface area contributed by atoms with Gasteiger partial charge >= 0.3 is 0 Å². The van der Waals surface area contributed by atoms with Gasteiger partial charge in [0.05, 0.1) is 18.8 Å². The molecule has 1 saturated carbocycles. The van der Waals surface area contributed by atoms with Crippen molar-refractivity contribution in [2.45, 2.75) is 31.5 Å². The first kappa shape index (κ1) is 15.1. The number of aromatic nitrogens is 4. The molecule has 1 aromatic carbocycles. The van der Waals surface area contributed by atoms with E-state index in [1.165, 1.54) is 12.8 Å². The van der Waals surface area contributed by atoms with Crippen LogP contribution in [0.15, 0.2) is 48.7 Å². The van der Waals surface area contributed by atoms with Gasteiger partial charge in [0.15, 0.2) is 11.6 Å². The lowest BCUT2D eigenvalue weighted by molar-refractivity contribution is 0.208. The van der Waals surface area contributed by atoms with E-state index < -0.39 is 6.10 Å². The summed E-state index contributed by atoms with van der Waals surface area (Å²) in [6.45, 7) is 0.320. The van der Waals surface area contributed by atoms with Crippen molar-refractivity contribution in [3.05, 3.63) is 60.0 Å². The van der Waals surface area contributed by atoms with Gasteiger partial charge in [-0.05, 0) is 30.5 Å². The number of benzene rings is 1. The predicted octanol–water partition coefficient (Wildman–Crippen LogP) is 2.16. The van der Waals surface area contributed by atoms with Crippen molar-refractivity contribution < 1.29 is 10.2 Å². The Morgan fingerprint density at radius 3 is 2.62 bits per heavy atom. The van der Waals surface area contributed by atoms with E-state index in [0.717, 1.165) is 11.3 Å². The van der Waals surface area contributed by atoms with E-state index in [1.807, 2.05) is 42.5 Å². The molecule has 0 saturated heterocycles. The third-order valence-electron chi connectivity index (χ3n) is 4.31. The molecule has 1 aliphatic carbocycles. The van der Waals surface area contributed by atoms with Crippen molar-refractivity contribution >= 4 is 0 Å². The van der Waals surface area contributed by atoms with Gasteiger partial charge < -0.3 is 14.8 Å². The molecule has 0 aliphatic heterocycles. The lowest BCUT2D eigenvalue weighted by Gasteiger charge is -2.08. The van der Waals surface area contributed by atoms with Crippen LogP contribution in [0.25, 0.3) is 11.5 Å². The highest BCUT2D eigenvalue weighted by Gasteiger charge is 2.27. The van der Waals surface area contributed by atoms with E-state index >= 15 is 0 Å². The maximum absolute atomic E-state index is 10.6. The summed E-state index contributed by atoms with van der Waals surface area (Å²) in [5, 5.41) is 24.4. The van der Waals surface area contributed by atoms with Crippen LogP contribution in [-0.2, 0) is 6.54 Å². The summed E-state index contributed by atoms with van der Waals surface area (Å²) in [4.78, 5) is 4.59. The van der Waals surface area contributed by atoms with E-state index in [0.29, 0.717) is 24.2 Å². The number of nitrogens with zero attached hydrogens (tertiary/aromatic N) is 4. The maximum atomic E-state index is 10.6. The zero-order chi connectivity index (χ0) is 16.5. The summed E-state index contributed by atoms with van der Waals surface area (Å²) in [6.07, 6.45) is 3.53. The van der Waals surface area contributed by atoms with Gasteiger partial charge in [-0.2, -0.15) is 5.10 Å². The van der Waals surface area contributed by atoms with Crippen molar-refractivity contribution in [1.82, 2.24) is 19.3 Å². The highest BCUT2D eigenvalue weighted by atomic mass is 16.3. The van der Waals surface area contributed by atoms with Gasteiger partial charge in [0.1, 0.15) is 6.10 Å². The molecule has 2 aromatic heterocycles. The average Bonchev–Trinajstić information content (AvgIpc) is 3.19. The fourth-order valence-corrected chi connectivity index (χ4v) is 2.95. The van der Waals surface area contributed by atoms with Crippen LogP contribution in [-0.4, -0.2) is 36.2 Å². The summed E-state index contributed by atoms with van der Waals surface area (Å²) in [5.74, 6) is 1.04. The summed E-state index contributed by atoms with van der Waals surface area (Å²) >= 11 is 0. The molecular weight excluding hydrogens is 304 g/mol. The van der Waals surface area contributed by atoms with E-state index in [9.17, 15) is 10.2 Å². The molecule has 124 valence electrons. The molecule has 1 unspecified atom stereocenters. The lowest BCUT2D eigenvalue weighted by Crippen LogP contribution is -2.09. The number of rotatable bonds is 6. The summed E-state index contributed by atoms with van der Waals surface area (Å²) < 4.78 is 3.88. The third-order valence-corrected chi connectivity index (χ3v) is 4.31. The van der Waals surface area contributed by atoms with Crippen molar-refractivity contribution in [3.63, 3.8) is 0 Å². The third kappa shape index (κ3) is 2.74. The molecular formula is C18H20N4O2. The molecule has 4 rings (SSSR count). The molecule has 3 aromatic rings. The highest BCUT2D eigenvalue weighted by Crippen LogP contribution is 2.38. The Morgan fingerprint density at radius 1 is 1.12 bits per heavy atom. The first-order valence-electron chi connectivity index (χ1n) is 8.23. The normalized spacial score (nSPS) is 15.6. The Bertz CT molecular complexity index is 821. The molecule has 1 fully saturated rings. The van der Waals surface area contributed by atoms with Gasteiger partial charge in [-0.3, -0.25) is 0 Å². The largest absolute Gasteiger partial charge is 0.394 e. The van der Waals surface area contributed by atoms with Crippen LogP contribution in [0.3, 0.4) is 0 Å². The van der Waals surface area contributed by atoms with Crippen LogP contribution in [0.2, 0.25) is 0 Å². The van der Waals surface area contributed by atoms with Gasteiger partial charge in [-0.15, -0.1) is 0 Å². The van der Waals surface area contributed by atoms with E-state index in [1.54, 1.807) is 4.68 Å². The number of hydrogen-bond donors (Lipinski definition) is 2. The molecule has 0 bridgehead atoms. The second-order valence-electron chi connectivity index (χ2n) is 6.09. The molecule has 0 amide bonds. The van der Waals surface area contributed by atoms with Gasteiger partial charge in [-0.1, -0.05) is 30.3 Å². The molecule has 2 heterocycles. The van der Waals surface area contributed by atoms with Crippen molar-refractivity contribution in [2.24, 2.45) is 0 Å². The molecule has 24 heavy (non-hydrogen) atoms. The van der Waals surface area contributed by atoms with E-state index in [4.69, 9.17) is 0 Å². The predicted molar refractivity (Wildman–Crippen MR) is 89.3 cm³/mol. The van der Waals surface area contributed by atoms with Crippen molar-refractivity contribution in [2.75, 3.05) is 6.61 Å². The second kappa shape index (κ2) is 6.22. The molecule has 1 atom stereocenters. The fourth-order valence-electron chi connectivity index (χ4n) is 2.95. The minimum atomic E-state index is -0.880. The van der Waals surface area contributed by atoms with Gasteiger partial charge in [0.2, 0.25) is 0 Å². The standard InChI is InChI=1S/C18H20N4O2/c23-12-11-22-18(15-7-4-10-21(15)14-8-9-14)19-17(20-22)16(24)13-5-2-1-3-6-13/h1-7,10,14,16,23-24H,8-9,11-12H2. The van der Waals surface area contributed by atoms with Crippen LogP contribution in [0.5, 0.6) is 0 Å². The number of aliphatic hydroxyl groups is 2. The van der Waals surface area contributed by atoms with Gasteiger partial charge in [0.25, 0.3) is 0 Å². The Hall–Kier alpha value is -2.44. The summed E-state index contributed by atoms with van der Waals surface area (Å²) in [7, 11) is 0. The minimum Gasteiger partial charge on any atom is -0.394 e. The smallest absolute Gasteiger partial charge is 0.184 e. The summed E-state index contributed by atoms with van der Waals surface area (Å²) in [6, 6.07) is 13.9. The van der Waals surface area contributed by atoms with Crippen LogP contribution < -0.4 is 0 Å². The Labute approximate surface area is 140 Å². The van der Waals surface area contributed by atoms with E-state index in [-0.39, 0.29) is 6.61 Å². The lowest BCUT2D eigenvalue weighted by atomic mass is 10.1. The fraction of sp³-hybridized carbons (Fsp3) is 0.333. The molecule has 0 radical (unpaired) electrons. The monoisotopic (exact) mass is 324 g/mol. The Kier molecular flexibility index (Phi) is 3.92. The molecule has 2 N–H and O–H groups in total. The topological polar surface area (TPSA) is 76.1 Å². The van der Waals surface area contributed by atoms with Crippen LogP contribution in [0.1, 0.15) is 36.4 Å². The van der Waals surface area contributed by atoms with Crippen LogP contribution in [0, 0.1) is 0 Å². The second-order valence-corrected chi connectivity index (χ2v) is 6.09. The number of hydrogen-bond acceptors (Lipinski definition) is 4. The quantitative estimate of drug-likeness (QED) is 0.728. The Morgan fingerprint density at radius 2 is 1.92 bits per heavy atom. The minimum absolute atomic E-state index is 0.0264. The molecule has 6 nitrogen and oxygen atoms in total. The van der Waals surface area contributed by atoms with Gasteiger partial charge in [0, 0.05) is 12.2 Å². The molecule has 0 spiro atoms. The maximum Gasteiger partial charge on any atom is 0.184 e. The zero-order valence-electron chi connectivity index (χ0n) is 13.3. The number of aliphatic hydroxyl groups excluding tert-OH is 2.